The largest absolute Gasteiger partial charge is 0.368 e. The normalized spacial score (nSPS) is 13.1. The van der Waals surface area contributed by atoms with Gasteiger partial charge in [-0.05, 0) is 75.6 Å². The van der Waals surface area contributed by atoms with Gasteiger partial charge in [-0.1, -0.05) is 23.7 Å². The van der Waals surface area contributed by atoms with Crippen LogP contribution in [0.3, 0.4) is 0 Å². The zero-order chi connectivity index (χ0) is 24.2. The standard InChI is InChI=1S/C27H27ClN4OS/c1-15-11-21-24(34-26(31-21)19-12-18-14-30-32(6)25(18)29-13-19)23(17-7-9-20(28)10-8-17)22(15)16(2)33-27(3,4)5/h7-14,16H,1-6H3/t16-/m0/s1. The third-order valence-corrected chi connectivity index (χ3v) is 7.21. The van der Waals surface area contributed by atoms with E-state index >= 15 is 0 Å². The predicted molar refractivity (Wildman–Crippen MR) is 142 cm³/mol. The number of ether oxygens (including phenoxy) is 1. The van der Waals surface area contributed by atoms with E-state index in [1.54, 1.807) is 16.0 Å². The summed E-state index contributed by atoms with van der Waals surface area (Å²) in [5.74, 6) is 0. The molecule has 0 N–H and O–H groups in total. The number of fused-ring (bicyclic) bond motifs is 2. The van der Waals surface area contributed by atoms with E-state index in [2.05, 4.69) is 69.0 Å². The van der Waals surface area contributed by atoms with Crippen molar-refractivity contribution in [1.82, 2.24) is 19.7 Å². The minimum absolute atomic E-state index is 0.0889. The first-order valence-electron chi connectivity index (χ1n) is 11.3. The lowest BCUT2D eigenvalue weighted by molar-refractivity contribution is -0.0529. The molecule has 0 spiro atoms. The fraction of sp³-hybridized carbons (Fsp3) is 0.296. The van der Waals surface area contributed by atoms with E-state index in [9.17, 15) is 0 Å². The van der Waals surface area contributed by atoms with Gasteiger partial charge in [-0.25, -0.2) is 9.97 Å². The van der Waals surface area contributed by atoms with E-state index in [1.165, 1.54) is 5.56 Å². The Bertz CT molecular complexity index is 1510. The zero-order valence-corrected chi connectivity index (χ0v) is 21.8. The second-order valence-corrected chi connectivity index (χ2v) is 11.1. The van der Waals surface area contributed by atoms with Crippen molar-refractivity contribution in [3.05, 3.63) is 64.9 Å². The van der Waals surface area contributed by atoms with E-state index in [1.807, 2.05) is 31.6 Å². The Morgan fingerprint density at radius 1 is 1.06 bits per heavy atom. The maximum absolute atomic E-state index is 6.42. The first-order valence-corrected chi connectivity index (χ1v) is 12.5. The van der Waals surface area contributed by atoms with Crippen molar-refractivity contribution in [1.29, 1.82) is 0 Å². The molecule has 34 heavy (non-hydrogen) atoms. The molecule has 0 bridgehead atoms. The summed E-state index contributed by atoms with van der Waals surface area (Å²) in [5.41, 5.74) is 7.16. The maximum Gasteiger partial charge on any atom is 0.157 e. The molecule has 2 aromatic carbocycles. The lowest BCUT2D eigenvalue weighted by atomic mass is 9.92. The lowest BCUT2D eigenvalue weighted by Crippen LogP contribution is -2.22. The average Bonchev–Trinajstić information content (AvgIpc) is 3.35. The highest BCUT2D eigenvalue weighted by molar-refractivity contribution is 7.22. The van der Waals surface area contributed by atoms with Gasteiger partial charge >= 0.3 is 0 Å². The van der Waals surface area contributed by atoms with Gasteiger partial charge in [0.1, 0.15) is 5.01 Å². The fourth-order valence-electron chi connectivity index (χ4n) is 4.51. The summed E-state index contributed by atoms with van der Waals surface area (Å²) in [7, 11) is 1.90. The van der Waals surface area contributed by atoms with E-state index in [-0.39, 0.29) is 11.7 Å². The number of aryl methyl sites for hydroxylation is 2. The van der Waals surface area contributed by atoms with Crippen LogP contribution in [0, 0.1) is 6.92 Å². The van der Waals surface area contributed by atoms with Gasteiger partial charge in [-0.3, -0.25) is 4.68 Å². The minimum atomic E-state index is -0.262. The first kappa shape index (κ1) is 23.0. The Hall–Kier alpha value is -2.80. The molecule has 3 heterocycles. The summed E-state index contributed by atoms with van der Waals surface area (Å²) in [6.07, 6.45) is 3.63. The van der Waals surface area contributed by atoms with Crippen molar-refractivity contribution in [2.45, 2.75) is 46.3 Å². The number of hydrogen-bond acceptors (Lipinski definition) is 5. The van der Waals surface area contributed by atoms with Gasteiger partial charge in [-0.2, -0.15) is 5.10 Å². The molecular formula is C27H27ClN4OS. The second kappa shape index (κ2) is 8.45. The van der Waals surface area contributed by atoms with E-state index in [0.717, 1.165) is 48.5 Å². The van der Waals surface area contributed by atoms with Gasteiger partial charge in [0.05, 0.1) is 28.1 Å². The third-order valence-electron chi connectivity index (χ3n) is 5.82. The van der Waals surface area contributed by atoms with Gasteiger partial charge in [0.15, 0.2) is 5.65 Å². The van der Waals surface area contributed by atoms with Crippen molar-refractivity contribution in [2.75, 3.05) is 0 Å². The SMILES string of the molecule is Cc1cc2nc(-c3cnc4c(cnn4C)c3)sc2c(-c2ccc(Cl)cc2)c1[C@H](C)OC(C)(C)C. The number of halogens is 1. The summed E-state index contributed by atoms with van der Waals surface area (Å²) in [6, 6.07) is 12.3. The zero-order valence-electron chi connectivity index (χ0n) is 20.2. The van der Waals surface area contributed by atoms with Crippen LogP contribution in [0.1, 0.15) is 44.9 Å². The Morgan fingerprint density at radius 2 is 1.79 bits per heavy atom. The van der Waals surface area contributed by atoms with Crippen LogP contribution in [0.2, 0.25) is 5.02 Å². The van der Waals surface area contributed by atoms with Gasteiger partial charge in [-0.15, -0.1) is 11.3 Å². The molecule has 0 unspecified atom stereocenters. The third kappa shape index (κ3) is 4.22. The van der Waals surface area contributed by atoms with Crippen LogP contribution in [0.5, 0.6) is 0 Å². The number of pyridine rings is 1. The van der Waals surface area contributed by atoms with Crippen molar-refractivity contribution in [3.8, 4) is 21.7 Å². The van der Waals surface area contributed by atoms with Gasteiger partial charge in [0.25, 0.3) is 0 Å². The number of rotatable bonds is 4. The molecule has 0 aliphatic heterocycles. The summed E-state index contributed by atoms with van der Waals surface area (Å²) in [6.45, 7) is 10.5. The smallest absolute Gasteiger partial charge is 0.157 e. The van der Waals surface area contributed by atoms with Crippen LogP contribution in [-0.4, -0.2) is 25.3 Å². The molecule has 0 saturated carbocycles. The van der Waals surface area contributed by atoms with Crippen LogP contribution in [-0.2, 0) is 11.8 Å². The van der Waals surface area contributed by atoms with Crippen LogP contribution < -0.4 is 0 Å². The fourth-order valence-corrected chi connectivity index (χ4v) is 5.74. The molecule has 1 atom stereocenters. The maximum atomic E-state index is 6.42. The number of nitrogens with zero attached hydrogens (tertiary/aromatic N) is 4. The molecular weight excluding hydrogens is 464 g/mol. The molecule has 0 aliphatic rings. The highest BCUT2D eigenvalue weighted by atomic mass is 35.5. The molecule has 3 aromatic heterocycles. The van der Waals surface area contributed by atoms with Crippen LogP contribution >= 0.6 is 22.9 Å². The quantitative estimate of drug-likeness (QED) is 0.258. The molecule has 5 nitrogen and oxygen atoms in total. The number of aromatic nitrogens is 4. The summed E-state index contributed by atoms with van der Waals surface area (Å²) >= 11 is 7.91. The second-order valence-electron chi connectivity index (χ2n) is 9.63. The van der Waals surface area contributed by atoms with Gasteiger partial charge < -0.3 is 4.74 Å². The molecule has 5 rings (SSSR count). The molecule has 0 fully saturated rings. The molecule has 7 heteroatoms. The van der Waals surface area contributed by atoms with Crippen molar-refractivity contribution < 1.29 is 4.74 Å². The summed E-state index contributed by atoms with van der Waals surface area (Å²) in [5, 5.41) is 6.97. The van der Waals surface area contributed by atoms with Gasteiger partial charge in [0, 0.05) is 34.8 Å². The Balaban J connectivity index is 1.74. The molecule has 0 saturated heterocycles. The van der Waals surface area contributed by atoms with E-state index < -0.39 is 0 Å². The Kier molecular flexibility index (Phi) is 5.71. The predicted octanol–water partition coefficient (Wildman–Crippen LogP) is 7.75. The summed E-state index contributed by atoms with van der Waals surface area (Å²) < 4.78 is 9.33. The monoisotopic (exact) mass is 490 g/mol. The van der Waals surface area contributed by atoms with Crippen molar-refractivity contribution in [3.63, 3.8) is 0 Å². The van der Waals surface area contributed by atoms with Crippen LogP contribution in [0.4, 0.5) is 0 Å². The van der Waals surface area contributed by atoms with Crippen molar-refractivity contribution in [2.24, 2.45) is 7.05 Å². The average molecular weight is 491 g/mol. The first-order chi connectivity index (χ1) is 16.1. The number of thiazole rings is 1. The lowest BCUT2D eigenvalue weighted by Gasteiger charge is -2.28. The molecule has 174 valence electrons. The molecule has 5 aromatic rings. The van der Waals surface area contributed by atoms with E-state index in [4.69, 9.17) is 21.3 Å². The van der Waals surface area contributed by atoms with E-state index in [0.29, 0.717) is 5.02 Å². The van der Waals surface area contributed by atoms with Crippen LogP contribution in [0.15, 0.2) is 48.8 Å². The highest BCUT2D eigenvalue weighted by Gasteiger charge is 2.25. The highest BCUT2D eigenvalue weighted by Crippen LogP contribution is 2.44. The minimum Gasteiger partial charge on any atom is -0.368 e. The van der Waals surface area contributed by atoms with Gasteiger partial charge in [0.2, 0.25) is 0 Å². The molecule has 0 radical (unpaired) electrons. The molecule has 0 amide bonds. The molecule has 0 aliphatic carbocycles. The topological polar surface area (TPSA) is 52.8 Å². The Labute approximate surface area is 208 Å². The van der Waals surface area contributed by atoms with Crippen molar-refractivity contribution >= 4 is 44.2 Å². The van der Waals surface area contributed by atoms with Crippen LogP contribution in [0.25, 0.3) is 42.9 Å². The number of benzene rings is 2. The Morgan fingerprint density at radius 3 is 2.50 bits per heavy atom. The summed E-state index contributed by atoms with van der Waals surface area (Å²) in [4.78, 5) is 9.63. The number of hydrogen-bond donors (Lipinski definition) is 0.